The molecule has 0 saturated carbocycles. The molecule has 0 aliphatic carbocycles. The van der Waals surface area contributed by atoms with Gasteiger partial charge in [-0.15, -0.1) is 0 Å². The number of sulfonamides is 1. The van der Waals surface area contributed by atoms with E-state index in [2.05, 4.69) is 0 Å². The fraction of sp³-hybridized carbons (Fsp3) is 0.286. The molecule has 27 heavy (non-hydrogen) atoms. The lowest BCUT2D eigenvalue weighted by Gasteiger charge is -2.24. The van der Waals surface area contributed by atoms with E-state index >= 15 is 0 Å². The standard InChI is InChI=1S/C21H22N2O3S/c1-13(2)20-17-12-16(9-10-19(17)22(4)21(20)24)27(25,26)23-14(3)11-15-7-5-6-8-18(15)23/h5-10,12,14H,11H2,1-4H3. The van der Waals surface area contributed by atoms with Crippen molar-refractivity contribution in [2.45, 2.75) is 38.1 Å². The lowest BCUT2D eigenvalue weighted by molar-refractivity contribution is -0.112. The highest BCUT2D eigenvalue weighted by atomic mass is 32.2. The van der Waals surface area contributed by atoms with Crippen molar-refractivity contribution in [3.8, 4) is 0 Å². The van der Waals surface area contributed by atoms with Crippen molar-refractivity contribution in [1.29, 1.82) is 0 Å². The van der Waals surface area contributed by atoms with Gasteiger partial charge >= 0.3 is 0 Å². The summed E-state index contributed by atoms with van der Waals surface area (Å²) < 4.78 is 28.4. The molecule has 0 bridgehead atoms. The van der Waals surface area contributed by atoms with Crippen LogP contribution < -0.4 is 9.21 Å². The number of carbonyl (C=O) groups is 1. The van der Waals surface area contributed by atoms with E-state index in [1.54, 1.807) is 30.1 Å². The first kappa shape index (κ1) is 17.8. The second-order valence-electron chi connectivity index (χ2n) is 7.40. The summed E-state index contributed by atoms with van der Waals surface area (Å²) in [6, 6.07) is 12.4. The maximum Gasteiger partial charge on any atom is 0.264 e. The largest absolute Gasteiger partial charge is 0.311 e. The molecule has 4 rings (SSSR count). The first-order chi connectivity index (χ1) is 12.7. The van der Waals surface area contributed by atoms with E-state index < -0.39 is 10.0 Å². The normalized spacial score (nSPS) is 18.7. The molecule has 0 saturated heterocycles. The van der Waals surface area contributed by atoms with Gasteiger partial charge in [0.15, 0.2) is 0 Å². The number of fused-ring (bicyclic) bond motifs is 2. The monoisotopic (exact) mass is 382 g/mol. The van der Waals surface area contributed by atoms with Crippen LogP contribution in [-0.4, -0.2) is 27.4 Å². The molecule has 5 nitrogen and oxygen atoms in total. The van der Waals surface area contributed by atoms with E-state index in [0.29, 0.717) is 17.6 Å². The Morgan fingerprint density at radius 2 is 1.78 bits per heavy atom. The van der Waals surface area contributed by atoms with E-state index in [1.807, 2.05) is 45.0 Å². The summed E-state index contributed by atoms with van der Waals surface area (Å²) in [5, 5.41) is 0. The number of rotatable bonds is 2. The van der Waals surface area contributed by atoms with Gasteiger partial charge in [0.1, 0.15) is 0 Å². The van der Waals surface area contributed by atoms with Crippen LogP contribution in [0.15, 0.2) is 52.9 Å². The topological polar surface area (TPSA) is 57.7 Å². The van der Waals surface area contributed by atoms with Gasteiger partial charge in [0.05, 0.1) is 16.3 Å². The molecule has 1 unspecified atom stereocenters. The van der Waals surface area contributed by atoms with Crippen LogP contribution in [0, 0.1) is 0 Å². The zero-order chi connectivity index (χ0) is 19.5. The highest BCUT2D eigenvalue weighted by molar-refractivity contribution is 7.92. The van der Waals surface area contributed by atoms with Crippen LogP contribution >= 0.6 is 0 Å². The molecule has 0 fully saturated rings. The number of carbonyl (C=O) groups excluding carboxylic acids is 1. The van der Waals surface area contributed by atoms with Gasteiger partial charge in [0, 0.05) is 24.2 Å². The Hall–Kier alpha value is -2.60. The SMILES string of the molecule is CC(C)=C1C(=O)N(C)c2ccc(S(=O)(=O)N3c4ccccc4CC3C)cc21. The van der Waals surface area contributed by atoms with Crippen LogP contribution in [0.5, 0.6) is 0 Å². The smallest absolute Gasteiger partial charge is 0.264 e. The van der Waals surface area contributed by atoms with Crippen LogP contribution in [0.1, 0.15) is 31.9 Å². The van der Waals surface area contributed by atoms with Gasteiger partial charge in [0.25, 0.3) is 15.9 Å². The Morgan fingerprint density at radius 1 is 1.07 bits per heavy atom. The minimum atomic E-state index is -3.73. The molecule has 2 aliphatic rings. The summed E-state index contributed by atoms with van der Waals surface area (Å²) >= 11 is 0. The Bertz CT molecular complexity index is 1100. The quantitative estimate of drug-likeness (QED) is 0.746. The van der Waals surface area contributed by atoms with E-state index in [1.165, 1.54) is 4.31 Å². The summed E-state index contributed by atoms with van der Waals surface area (Å²) in [4.78, 5) is 14.3. The number of benzene rings is 2. The van der Waals surface area contributed by atoms with Gasteiger partial charge in [0.2, 0.25) is 0 Å². The van der Waals surface area contributed by atoms with Crippen molar-refractivity contribution in [2.24, 2.45) is 0 Å². The van der Waals surface area contributed by atoms with Crippen LogP contribution in [0.25, 0.3) is 5.57 Å². The number of para-hydroxylation sites is 1. The molecule has 0 radical (unpaired) electrons. The highest BCUT2D eigenvalue weighted by Crippen LogP contribution is 2.41. The van der Waals surface area contributed by atoms with Crippen LogP contribution in [0.4, 0.5) is 11.4 Å². The first-order valence-electron chi connectivity index (χ1n) is 8.95. The number of anilines is 2. The van der Waals surface area contributed by atoms with Gasteiger partial charge in [-0.3, -0.25) is 9.10 Å². The molecular weight excluding hydrogens is 360 g/mol. The van der Waals surface area contributed by atoms with E-state index in [0.717, 1.165) is 22.5 Å². The van der Waals surface area contributed by atoms with Gasteiger partial charge in [-0.25, -0.2) is 8.42 Å². The lowest BCUT2D eigenvalue weighted by Crippen LogP contribution is -2.35. The Labute approximate surface area is 160 Å². The third-order valence-corrected chi connectivity index (χ3v) is 7.24. The lowest BCUT2D eigenvalue weighted by atomic mass is 10.0. The number of hydrogen-bond acceptors (Lipinski definition) is 3. The molecule has 1 atom stereocenters. The Balaban J connectivity index is 1.86. The third kappa shape index (κ3) is 2.51. The van der Waals surface area contributed by atoms with Gasteiger partial charge < -0.3 is 4.90 Å². The number of amides is 1. The second kappa shape index (κ2) is 5.96. The summed E-state index contributed by atoms with van der Waals surface area (Å²) in [6.45, 7) is 5.66. The van der Waals surface area contributed by atoms with Gasteiger partial charge in [-0.2, -0.15) is 0 Å². The second-order valence-corrected chi connectivity index (χ2v) is 9.22. The number of allylic oxidation sites excluding steroid dienone is 1. The van der Waals surface area contributed by atoms with Crippen LogP contribution in [0.3, 0.4) is 0 Å². The minimum Gasteiger partial charge on any atom is -0.311 e. The molecule has 6 heteroatoms. The number of nitrogens with zero attached hydrogens (tertiary/aromatic N) is 2. The fourth-order valence-electron chi connectivity index (χ4n) is 4.06. The van der Waals surface area contributed by atoms with Gasteiger partial charge in [-0.1, -0.05) is 23.8 Å². The average Bonchev–Trinajstić information content (AvgIpc) is 3.08. The van der Waals surface area contributed by atoms with Crippen molar-refractivity contribution in [3.63, 3.8) is 0 Å². The Morgan fingerprint density at radius 3 is 2.48 bits per heavy atom. The number of hydrogen-bond donors (Lipinski definition) is 0. The first-order valence-corrected chi connectivity index (χ1v) is 10.4. The van der Waals surface area contributed by atoms with Crippen LogP contribution in [-0.2, 0) is 21.2 Å². The number of likely N-dealkylation sites (N-methyl/N-ethyl adjacent to an activating group) is 1. The van der Waals surface area contributed by atoms with E-state index in [4.69, 9.17) is 0 Å². The van der Waals surface area contributed by atoms with Crippen molar-refractivity contribution in [1.82, 2.24) is 0 Å². The van der Waals surface area contributed by atoms with E-state index in [-0.39, 0.29) is 16.8 Å². The minimum absolute atomic E-state index is 0.0977. The molecule has 0 spiro atoms. The van der Waals surface area contributed by atoms with Gasteiger partial charge in [-0.05, 0) is 57.0 Å². The summed E-state index contributed by atoms with van der Waals surface area (Å²) in [6.07, 6.45) is 0.695. The Kier molecular flexibility index (Phi) is 3.93. The maximum atomic E-state index is 13.5. The molecule has 2 heterocycles. The zero-order valence-corrected chi connectivity index (χ0v) is 16.7. The van der Waals surface area contributed by atoms with E-state index in [9.17, 15) is 13.2 Å². The third-order valence-electron chi connectivity index (χ3n) is 5.32. The van der Waals surface area contributed by atoms with Crippen molar-refractivity contribution in [2.75, 3.05) is 16.3 Å². The maximum absolute atomic E-state index is 13.5. The predicted octanol–water partition coefficient (Wildman–Crippen LogP) is 3.60. The van der Waals surface area contributed by atoms with Crippen molar-refractivity contribution >= 4 is 32.9 Å². The molecule has 2 aromatic carbocycles. The van der Waals surface area contributed by atoms with Crippen molar-refractivity contribution in [3.05, 3.63) is 59.2 Å². The molecular formula is C21H22N2O3S. The molecule has 1 amide bonds. The zero-order valence-electron chi connectivity index (χ0n) is 15.9. The molecule has 2 aromatic rings. The molecule has 140 valence electrons. The molecule has 0 N–H and O–H groups in total. The summed E-state index contributed by atoms with van der Waals surface area (Å²) in [5.74, 6) is -0.0977. The molecule has 2 aliphatic heterocycles. The predicted molar refractivity (Wildman–Crippen MR) is 107 cm³/mol. The average molecular weight is 382 g/mol. The molecule has 0 aromatic heterocycles. The highest BCUT2D eigenvalue weighted by Gasteiger charge is 2.38. The van der Waals surface area contributed by atoms with Crippen molar-refractivity contribution < 1.29 is 13.2 Å². The van der Waals surface area contributed by atoms with Crippen LogP contribution in [0.2, 0.25) is 0 Å². The summed E-state index contributed by atoms with van der Waals surface area (Å²) in [5.41, 5.74) is 4.66. The summed E-state index contributed by atoms with van der Waals surface area (Å²) in [7, 11) is -2.01. The fourth-order valence-corrected chi connectivity index (χ4v) is 5.78.